The van der Waals surface area contributed by atoms with Crippen molar-refractivity contribution >= 4 is 29.2 Å². The van der Waals surface area contributed by atoms with Crippen LogP contribution in [0.15, 0.2) is 42.5 Å². The maximum absolute atomic E-state index is 12.5. The average Bonchev–Trinajstić information content (AvgIpc) is 2.69. The largest absolute Gasteiger partial charge is 0.462 e. The second kappa shape index (κ2) is 9.71. The smallest absolute Gasteiger partial charge is 0.339 e. The summed E-state index contributed by atoms with van der Waals surface area (Å²) in [5, 5.41) is 3.06. The van der Waals surface area contributed by atoms with Crippen LogP contribution >= 0.6 is 11.6 Å². The van der Waals surface area contributed by atoms with Gasteiger partial charge in [-0.25, -0.2) is 4.79 Å². The second-order valence-electron chi connectivity index (χ2n) is 6.90. The Balaban J connectivity index is 1.61. The Bertz CT molecular complexity index is 830. The van der Waals surface area contributed by atoms with E-state index in [1.54, 1.807) is 25.1 Å². The van der Waals surface area contributed by atoms with Gasteiger partial charge in [0, 0.05) is 17.8 Å². The number of hydrogen-bond donors (Lipinski definition) is 1. The van der Waals surface area contributed by atoms with Crippen molar-refractivity contribution in [3.05, 3.63) is 64.2 Å². The van der Waals surface area contributed by atoms with E-state index in [1.165, 1.54) is 24.8 Å². The zero-order valence-electron chi connectivity index (χ0n) is 16.0. The van der Waals surface area contributed by atoms with Gasteiger partial charge in [0.25, 0.3) is 5.91 Å². The number of carbonyl (C=O) groups excluding carboxylic acids is 2. The van der Waals surface area contributed by atoms with E-state index in [9.17, 15) is 9.59 Å². The molecule has 1 aliphatic rings. The van der Waals surface area contributed by atoms with Crippen molar-refractivity contribution < 1.29 is 14.3 Å². The summed E-state index contributed by atoms with van der Waals surface area (Å²) in [6.45, 7) is 5.22. The number of anilines is 1. The summed E-state index contributed by atoms with van der Waals surface area (Å²) in [6.07, 6.45) is 3.84. The van der Waals surface area contributed by atoms with Crippen molar-refractivity contribution in [1.82, 2.24) is 4.90 Å². The van der Waals surface area contributed by atoms with Crippen molar-refractivity contribution in [3.63, 3.8) is 0 Å². The fourth-order valence-electron chi connectivity index (χ4n) is 3.31. The summed E-state index contributed by atoms with van der Waals surface area (Å²) in [6, 6.07) is 12.4. The highest BCUT2D eigenvalue weighted by molar-refractivity contribution is 6.34. The molecule has 6 heteroatoms. The molecule has 1 aliphatic heterocycles. The van der Waals surface area contributed by atoms with E-state index in [4.69, 9.17) is 16.3 Å². The molecule has 1 heterocycles. The third-order valence-corrected chi connectivity index (χ3v) is 5.11. The molecule has 3 rings (SSSR count). The first-order valence-electron chi connectivity index (χ1n) is 9.66. The first kappa shape index (κ1) is 20.4. The Morgan fingerprint density at radius 2 is 1.79 bits per heavy atom. The number of hydrogen-bond acceptors (Lipinski definition) is 4. The first-order valence-corrected chi connectivity index (χ1v) is 10.0. The zero-order valence-corrected chi connectivity index (χ0v) is 16.8. The Morgan fingerprint density at radius 1 is 1.07 bits per heavy atom. The van der Waals surface area contributed by atoms with Gasteiger partial charge < -0.3 is 10.1 Å². The summed E-state index contributed by atoms with van der Waals surface area (Å²) in [4.78, 5) is 26.7. The standard InChI is InChI=1S/C22H25ClN2O3/c1-2-28-22(27)19-11-10-18(14-20(19)23)24-21(26)17-8-6-16(7-9-17)15-25-12-4-3-5-13-25/h6-11,14H,2-5,12-13,15H2,1H3,(H,24,26). The molecule has 1 amide bonds. The highest BCUT2D eigenvalue weighted by atomic mass is 35.5. The highest BCUT2D eigenvalue weighted by Crippen LogP contribution is 2.22. The number of nitrogens with one attached hydrogen (secondary N) is 1. The van der Waals surface area contributed by atoms with Gasteiger partial charge in [0.15, 0.2) is 0 Å². The Labute approximate surface area is 170 Å². The number of piperidine rings is 1. The monoisotopic (exact) mass is 400 g/mol. The molecule has 0 aliphatic carbocycles. The molecule has 0 aromatic heterocycles. The van der Waals surface area contributed by atoms with Crippen LogP contribution in [0.5, 0.6) is 0 Å². The molecular weight excluding hydrogens is 376 g/mol. The van der Waals surface area contributed by atoms with E-state index in [0.29, 0.717) is 11.3 Å². The third-order valence-electron chi connectivity index (χ3n) is 4.79. The van der Waals surface area contributed by atoms with Crippen LogP contribution in [0, 0.1) is 0 Å². The van der Waals surface area contributed by atoms with E-state index >= 15 is 0 Å². The van der Waals surface area contributed by atoms with Gasteiger partial charge >= 0.3 is 5.97 Å². The summed E-state index contributed by atoms with van der Waals surface area (Å²) in [5.41, 5.74) is 2.59. The fraction of sp³-hybridized carbons (Fsp3) is 0.364. The predicted molar refractivity (Wildman–Crippen MR) is 111 cm³/mol. The van der Waals surface area contributed by atoms with E-state index in [-0.39, 0.29) is 23.1 Å². The minimum absolute atomic E-state index is 0.218. The average molecular weight is 401 g/mol. The van der Waals surface area contributed by atoms with Gasteiger partial charge in [-0.3, -0.25) is 9.69 Å². The molecule has 2 aromatic carbocycles. The van der Waals surface area contributed by atoms with Crippen LogP contribution in [-0.4, -0.2) is 36.5 Å². The number of ether oxygens (including phenoxy) is 1. The van der Waals surface area contributed by atoms with E-state index < -0.39 is 5.97 Å². The van der Waals surface area contributed by atoms with Gasteiger partial charge in [0.05, 0.1) is 17.2 Å². The molecule has 0 atom stereocenters. The van der Waals surface area contributed by atoms with Gasteiger partial charge in [-0.1, -0.05) is 30.2 Å². The SMILES string of the molecule is CCOC(=O)c1ccc(NC(=O)c2ccc(CN3CCCCC3)cc2)cc1Cl. The quantitative estimate of drug-likeness (QED) is 0.710. The number of esters is 1. The maximum atomic E-state index is 12.5. The zero-order chi connectivity index (χ0) is 19.9. The molecule has 1 saturated heterocycles. The molecule has 148 valence electrons. The summed E-state index contributed by atoms with van der Waals surface area (Å²) < 4.78 is 4.95. The number of halogens is 1. The minimum Gasteiger partial charge on any atom is -0.462 e. The van der Waals surface area contributed by atoms with Crippen LogP contribution in [0.4, 0.5) is 5.69 Å². The lowest BCUT2D eigenvalue weighted by atomic mass is 10.1. The van der Waals surface area contributed by atoms with Crippen LogP contribution in [0.25, 0.3) is 0 Å². The van der Waals surface area contributed by atoms with Crippen LogP contribution < -0.4 is 5.32 Å². The molecule has 28 heavy (non-hydrogen) atoms. The number of amides is 1. The van der Waals surface area contributed by atoms with Crippen molar-refractivity contribution in [2.45, 2.75) is 32.7 Å². The summed E-state index contributed by atoms with van der Waals surface area (Å²) in [7, 11) is 0. The van der Waals surface area contributed by atoms with E-state index in [2.05, 4.69) is 10.2 Å². The molecule has 1 fully saturated rings. The number of likely N-dealkylation sites (tertiary alicyclic amines) is 1. The topological polar surface area (TPSA) is 58.6 Å². The molecular formula is C22H25ClN2O3. The Kier molecular flexibility index (Phi) is 7.06. The molecule has 0 unspecified atom stereocenters. The third kappa shape index (κ3) is 5.33. The maximum Gasteiger partial charge on any atom is 0.339 e. The lowest BCUT2D eigenvalue weighted by Crippen LogP contribution is -2.29. The molecule has 0 saturated carbocycles. The minimum atomic E-state index is -0.477. The molecule has 2 aromatic rings. The fourth-order valence-corrected chi connectivity index (χ4v) is 3.57. The summed E-state index contributed by atoms with van der Waals surface area (Å²) >= 11 is 6.15. The van der Waals surface area contributed by atoms with Crippen molar-refractivity contribution in [2.75, 3.05) is 25.0 Å². The molecule has 0 bridgehead atoms. The second-order valence-corrected chi connectivity index (χ2v) is 7.31. The normalized spacial score (nSPS) is 14.5. The Hall–Kier alpha value is -2.37. The van der Waals surface area contributed by atoms with Crippen LogP contribution in [0.1, 0.15) is 52.5 Å². The van der Waals surface area contributed by atoms with E-state index in [1.807, 2.05) is 24.3 Å². The number of benzene rings is 2. The Morgan fingerprint density at radius 3 is 2.43 bits per heavy atom. The van der Waals surface area contributed by atoms with Crippen molar-refractivity contribution in [2.24, 2.45) is 0 Å². The lowest BCUT2D eigenvalue weighted by Gasteiger charge is -2.26. The van der Waals surface area contributed by atoms with Crippen LogP contribution in [0.2, 0.25) is 5.02 Å². The van der Waals surface area contributed by atoms with Crippen molar-refractivity contribution in [1.29, 1.82) is 0 Å². The highest BCUT2D eigenvalue weighted by Gasteiger charge is 2.14. The van der Waals surface area contributed by atoms with Gasteiger partial charge in [-0.15, -0.1) is 0 Å². The van der Waals surface area contributed by atoms with Crippen LogP contribution in [0.3, 0.4) is 0 Å². The number of nitrogens with zero attached hydrogens (tertiary/aromatic N) is 1. The molecule has 1 N–H and O–H groups in total. The first-order chi connectivity index (χ1) is 13.6. The van der Waals surface area contributed by atoms with Gasteiger partial charge in [0.2, 0.25) is 0 Å². The molecule has 0 radical (unpaired) electrons. The predicted octanol–water partition coefficient (Wildman–Crippen LogP) is 4.75. The number of rotatable bonds is 6. The van der Waals surface area contributed by atoms with Crippen molar-refractivity contribution in [3.8, 4) is 0 Å². The number of carbonyl (C=O) groups is 2. The van der Waals surface area contributed by atoms with E-state index in [0.717, 1.165) is 19.6 Å². The molecule has 5 nitrogen and oxygen atoms in total. The lowest BCUT2D eigenvalue weighted by molar-refractivity contribution is 0.0526. The van der Waals surface area contributed by atoms with Gasteiger partial charge in [-0.05, 0) is 68.8 Å². The molecule has 0 spiro atoms. The van der Waals surface area contributed by atoms with Gasteiger partial charge in [-0.2, -0.15) is 0 Å². The summed E-state index contributed by atoms with van der Waals surface area (Å²) in [5.74, 6) is -0.695. The van der Waals surface area contributed by atoms with Gasteiger partial charge in [0.1, 0.15) is 0 Å². The van der Waals surface area contributed by atoms with Crippen LogP contribution in [-0.2, 0) is 11.3 Å².